The molecule has 0 aliphatic rings. The molecular weight excluding hydrogens is 503 g/mol. The van der Waals surface area contributed by atoms with Crippen LogP contribution in [0.3, 0.4) is 0 Å². The molecule has 0 bridgehead atoms. The largest absolute Gasteiger partial charge is 0.482 e. The number of hydrogen-bond acceptors (Lipinski definition) is 3. The summed E-state index contributed by atoms with van der Waals surface area (Å²) < 4.78 is 6.48. The van der Waals surface area contributed by atoms with Crippen LogP contribution in [0.25, 0.3) is 0 Å². The minimum absolute atomic E-state index is 0.0108. The lowest BCUT2D eigenvalue weighted by Gasteiger charge is -2.31. The molecule has 5 nitrogen and oxygen atoms in total. The second-order valence-electron chi connectivity index (χ2n) is 7.22. The summed E-state index contributed by atoms with van der Waals surface area (Å²) in [5.74, 6) is -0.128. The number of rotatable bonds is 10. The third-order valence-corrected chi connectivity index (χ3v) is 6.09. The summed E-state index contributed by atoms with van der Waals surface area (Å²) in [4.78, 5) is 27.6. The number of ether oxygens (including phenoxy) is 1. The number of amides is 2. The highest BCUT2D eigenvalue weighted by Crippen LogP contribution is 2.28. The Kier molecular flexibility index (Phi) is 10.1. The lowest BCUT2D eigenvalue weighted by molar-refractivity contribution is -0.143. The third kappa shape index (κ3) is 7.41. The quantitative estimate of drug-likeness (QED) is 0.419. The van der Waals surface area contributed by atoms with E-state index in [1.54, 1.807) is 24.3 Å². The first-order chi connectivity index (χ1) is 14.8. The molecule has 0 unspecified atom stereocenters. The maximum Gasteiger partial charge on any atom is 0.261 e. The number of hydrogen-bond donors (Lipinski definition) is 1. The van der Waals surface area contributed by atoms with E-state index in [0.29, 0.717) is 22.2 Å². The smallest absolute Gasteiger partial charge is 0.261 e. The van der Waals surface area contributed by atoms with E-state index in [2.05, 4.69) is 21.2 Å². The third-order valence-electron chi connectivity index (χ3n) is 4.93. The molecule has 1 N–H and O–H groups in total. The summed E-state index contributed by atoms with van der Waals surface area (Å²) in [6.07, 6.45) is 1.25. The molecule has 0 spiro atoms. The van der Waals surface area contributed by atoms with Crippen LogP contribution in [-0.4, -0.2) is 35.4 Å². The second kappa shape index (κ2) is 12.3. The normalized spacial score (nSPS) is 12.7. The first kappa shape index (κ1) is 25.5. The summed E-state index contributed by atoms with van der Waals surface area (Å²) in [5.41, 5.74) is 0.758. The number of carbonyl (C=O) groups excluding carboxylic acids is 2. The predicted octanol–water partition coefficient (Wildman–Crippen LogP) is 5.86. The summed E-state index contributed by atoms with van der Waals surface area (Å²) in [6.45, 7) is 5.75. The fraction of sp³-hybridized carbons (Fsp3) is 0.391. The van der Waals surface area contributed by atoms with E-state index < -0.39 is 6.04 Å². The molecule has 31 heavy (non-hydrogen) atoms. The molecule has 168 valence electrons. The van der Waals surface area contributed by atoms with Gasteiger partial charge in [0.05, 0.1) is 5.02 Å². The molecule has 2 amide bonds. The first-order valence-electron chi connectivity index (χ1n) is 10.2. The topological polar surface area (TPSA) is 58.6 Å². The Hall–Kier alpha value is -1.76. The Morgan fingerprint density at radius 3 is 2.42 bits per heavy atom. The molecule has 0 heterocycles. The fourth-order valence-electron chi connectivity index (χ4n) is 2.99. The summed E-state index contributed by atoms with van der Waals surface area (Å²) in [5, 5.41) is 3.90. The fourth-order valence-corrected chi connectivity index (χ4v) is 3.91. The van der Waals surface area contributed by atoms with Gasteiger partial charge in [0.1, 0.15) is 11.8 Å². The van der Waals surface area contributed by atoms with Crippen LogP contribution in [0.4, 0.5) is 0 Å². The van der Waals surface area contributed by atoms with E-state index in [1.807, 2.05) is 39.0 Å². The average molecular weight is 530 g/mol. The Morgan fingerprint density at radius 1 is 1.10 bits per heavy atom. The molecule has 2 aromatic rings. The van der Waals surface area contributed by atoms with Crippen molar-refractivity contribution in [1.29, 1.82) is 0 Å². The summed E-state index contributed by atoms with van der Waals surface area (Å²) in [7, 11) is 0. The summed E-state index contributed by atoms with van der Waals surface area (Å²) in [6, 6.07) is 11.8. The standard InChI is InChI=1S/C23H27BrCl2N2O3/c1-4-15(3)27-23(30)20(5-2)28(13-16-8-6-7-9-18(16)25)22(29)14-31-21-11-10-17(24)12-19(21)26/h6-12,15,20H,4-5,13-14H2,1-3H3,(H,27,30)/t15-,20+/m0/s1. The monoisotopic (exact) mass is 528 g/mol. The van der Waals surface area contributed by atoms with Gasteiger partial charge in [-0.25, -0.2) is 0 Å². The van der Waals surface area contributed by atoms with Crippen molar-refractivity contribution in [2.75, 3.05) is 6.61 Å². The Morgan fingerprint density at radius 2 is 1.81 bits per heavy atom. The SMILES string of the molecule is CC[C@H](C(=O)N[C@@H](C)CC)N(Cc1ccccc1Cl)C(=O)COc1ccc(Br)cc1Cl. The Balaban J connectivity index is 2.25. The van der Waals surface area contributed by atoms with Gasteiger partial charge in [-0.1, -0.05) is 71.2 Å². The van der Waals surface area contributed by atoms with Gasteiger partial charge in [-0.3, -0.25) is 9.59 Å². The van der Waals surface area contributed by atoms with Crippen LogP contribution in [-0.2, 0) is 16.1 Å². The number of halogens is 3. The van der Waals surface area contributed by atoms with Gasteiger partial charge >= 0.3 is 0 Å². The highest BCUT2D eigenvalue weighted by molar-refractivity contribution is 9.10. The molecule has 0 fully saturated rings. The van der Waals surface area contributed by atoms with Crippen LogP contribution in [0.5, 0.6) is 5.75 Å². The molecule has 0 saturated heterocycles. The second-order valence-corrected chi connectivity index (χ2v) is 8.95. The van der Waals surface area contributed by atoms with Gasteiger partial charge in [-0.15, -0.1) is 0 Å². The van der Waals surface area contributed by atoms with E-state index in [-0.39, 0.29) is 31.0 Å². The lowest BCUT2D eigenvalue weighted by atomic mass is 10.1. The van der Waals surface area contributed by atoms with Crippen molar-refractivity contribution in [2.24, 2.45) is 0 Å². The maximum absolute atomic E-state index is 13.2. The molecule has 0 aliphatic heterocycles. The minimum atomic E-state index is -0.651. The van der Waals surface area contributed by atoms with Crippen molar-refractivity contribution in [3.63, 3.8) is 0 Å². The molecule has 0 aliphatic carbocycles. The van der Waals surface area contributed by atoms with Crippen molar-refractivity contribution in [2.45, 2.75) is 52.2 Å². The maximum atomic E-state index is 13.2. The van der Waals surface area contributed by atoms with E-state index >= 15 is 0 Å². The first-order valence-corrected chi connectivity index (χ1v) is 11.7. The van der Waals surface area contributed by atoms with Crippen molar-refractivity contribution >= 4 is 50.9 Å². The number of nitrogens with zero attached hydrogens (tertiary/aromatic N) is 1. The molecule has 2 rings (SSSR count). The number of nitrogens with one attached hydrogen (secondary N) is 1. The van der Waals surface area contributed by atoms with Gasteiger partial charge < -0.3 is 15.0 Å². The molecule has 2 aromatic carbocycles. The molecule has 0 radical (unpaired) electrons. The van der Waals surface area contributed by atoms with Crippen LogP contribution in [0.1, 0.15) is 39.2 Å². The lowest BCUT2D eigenvalue weighted by Crippen LogP contribution is -2.51. The predicted molar refractivity (Wildman–Crippen MR) is 129 cm³/mol. The van der Waals surface area contributed by atoms with Crippen LogP contribution in [0.15, 0.2) is 46.9 Å². The molecule has 0 aromatic heterocycles. The van der Waals surface area contributed by atoms with Gasteiger partial charge in [0.25, 0.3) is 5.91 Å². The molecule has 2 atom stereocenters. The zero-order chi connectivity index (χ0) is 23.0. The summed E-state index contributed by atoms with van der Waals surface area (Å²) >= 11 is 15.9. The minimum Gasteiger partial charge on any atom is -0.482 e. The van der Waals surface area contributed by atoms with Gasteiger partial charge in [0.15, 0.2) is 6.61 Å². The molecular formula is C23H27BrCl2N2O3. The zero-order valence-corrected chi connectivity index (χ0v) is 20.9. The van der Waals surface area contributed by atoms with Gasteiger partial charge in [-0.2, -0.15) is 0 Å². The molecule has 8 heteroatoms. The van der Waals surface area contributed by atoms with Crippen LogP contribution < -0.4 is 10.1 Å². The van der Waals surface area contributed by atoms with Gasteiger partial charge in [0, 0.05) is 22.1 Å². The number of carbonyl (C=O) groups is 2. The van der Waals surface area contributed by atoms with Crippen molar-refractivity contribution in [3.8, 4) is 5.75 Å². The van der Waals surface area contributed by atoms with Crippen molar-refractivity contribution in [1.82, 2.24) is 10.2 Å². The van der Waals surface area contributed by atoms with Crippen molar-refractivity contribution < 1.29 is 14.3 Å². The Bertz CT molecular complexity index is 910. The van der Waals surface area contributed by atoms with Gasteiger partial charge in [0.2, 0.25) is 5.91 Å². The zero-order valence-electron chi connectivity index (χ0n) is 17.8. The van der Waals surface area contributed by atoms with Crippen LogP contribution in [0, 0.1) is 0 Å². The van der Waals surface area contributed by atoms with Crippen LogP contribution >= 0.6 is 39.1 Å². The van der Waals surface area contributed by atoms with E-state index in [4.69, 9.17) is 27.9 Å². The van der Waals surface area contributed by atoms with E-state index in [9.17, 15) is 9.59 Å². The molecule has 0 saturated carbocycles. The van der Waals surface area contributed by atoms with Crippen molar-refractivity contribution in [3.05, 3.63) is 62.5 Å². The highest BCUT2D eigenvalue weighted by atomic mass is 79.9. The average Bonchev–Trinajstić information content (AvgIpc) is 2.74. The van der Waals surface area contributed by atoms with Crippen LogP contribution in [0.2, 0.25) is 10.0 Å². The number of benzene rings is 2. The van der Waals surface area contributed by atoms with E-state index in [1.165, 1.54) is 4.90 Å². The van der Waals surface area contributed by atoms with E-state index in [0.717, 1.165) is 16.5 Å². The highest BCUT2D eigenvalue weighted by Gasteiger charge is 2.30. The van der Waals surface area contributed by atoms with Gasteiger partial charge in [-0.05, 0) is 49.6 Å². The Labute approximate surface area is 202 Å².